The number of nitrogens with one attached hydrogen (secondary N) is 1. The van der Waals surface area contributed by atoms with Crippen LogP contribution in [-0.2, 0) is 13.0 Å². The van der Waals surface area contributed by atoms with E-state index in [9.17, 15) is 4.79 Å². The second-order valence-corrected chi connectivity index (χ2v) is 8.29. The molecule has 3 aromatic rings. The number of unbranched alkanes of at least 4 members (excludes halogenated alkanes) is 1. The molecule has 0 amide bonds. The Morgan fingerprint density at radius 3 is 2.35 bits per heavy atom. The average molecular weight is 425 g/mol. The number of benzene rings is 2. The molecule has 3 rings (SSSR count). The van der Waals surface area contributed by atoms with Crippen LogP contribution in [0.2, 0.25) is 0 Å². The minimum absolute atomic E-state index is 0.171. The number of methoxy groups -OCH3 is 2. The number of hydrogen-bond acceptors (Lipinski definition) is 4. The van der Waals surface area contributed by atoms with Gasteiger partial charge < -0.3 is 19.8 Å². The Labute approximate surface area is 184 Å². The fourth-order valence-electron chi connectivity index (χ4n) is 3.93. The largest absolute Gasteiger partial charge is 0.493 e. The monoisotopic (exact) mass is 424 g/mol. The number of quaternary nitrogens is 1. The van der Waals surface area contributed by atoms with E-state index in [0.29, 0.717) is 40.7 Å². The standard InChI is InChI=1S/C25H33N3O3/c1-6-7-8-17-9-11-18(12-10-17)24(16(2)3)26-15-23-27-20-14-22(31-5)21(30-4)13-19(20)25(29)28-23/h9-14,16,24,26H,6-8,15H2,1-5H3,(H,27,28,29)/p+1/t24-/m0/s1. The highest BCUT2D eigenvalue weighted by atomic mass is 16.5. The summed E-state index contributed by atoms with van der Waals surface area (Å²) in [6, 6.07) is 12.7. The van der Waals surface area contributed by atoms with Crippen LogP contribution in [0.1, 0.15) is 56.6 Å². The molecular weight excluding hydrogens is 390 g/mol. The number of nitrogens with zero attached hydrogens (tertiary/aromatic N) is 1. The molecule has 1 heterocycles. The first-order valence-corrected chi connectivity index (χ1v) is 11.0. The van der Waals surface area contributed by atoms with E-state index in [-0.39, 0.29) is 11.6 Å². The highest BCUT2D eigenvalue weighted by molar-refractivity contribution is 5.81. The van der Waals surface area contributed by atoms with Gasteiger partial charge in [0, 0.05) is 17.5 Å². The molecule has 3 N–H and O–H groups in total. The van der Waals surface area contributed by atoms with E-state index in [4.69, 9.17) is 9.47 Å². The van der Waals surface area contributed by atoms with Crippen LogP contribution in [0.15, 0.2) is 41.2 Å². The zero-order valence-corrected chi connectivity index (χ0v) is 19.2. The van der Waals surface area contributed by atoms with Crippen LogP contribution in [0.5, 0.6) is 11.5 Å². The Bertz CT molecular complexity index is 1060. The minimum atomic E-state index is -0.171. The third-order valence-corrected chi connectivity index (χ3v) is 5.73. The molecule has 1 atom stereocenters. The number of aryl methyl sites for hydroxylation is 1. The Hall–Kier alpha value is -2.86. The van der Waals surface area contributed by atoms with Crippen LogP contribution >= 0.6 is 0 Å². The highest BCUT2D eigenvalue weighted by Gasteiger charge is 2.20. The van der Waals surface area contributed by atoms with E-state index in [0.717, 1.165) is 6.42 Å². The van der Waals surface area contributed by atoms with Crippen molar-refractivity contribution in [2.75, 3.05) is 14.2 Å². The average Bonchev–Trinajstić information content (AvgIpc) is 2.77. The molecule has 0 radical (unpaired) electrons. The summed E-state index contributed by atoms with van der Waals surface area (Å²) < 4.78 is 10.7. The molecule has 6 heteroatoms. The molecule has 0 bridgehead atoms. The van der Waals surface area contributed by atoms with Crippen molar-refractivity contribution in [1.82, 2.24) is 9.97 Å². The summed E-state index contributed by atoms with van der Waals surface area (Å²) in [5, 5.41) is 2.74. The molecule has 166 valence electrons. The number of fused-ring (bicyclic) bond motifs is 1. The van der Waals surface area contributed by atoms with E-state index in [1.54, 1.807) is 26.4 Å². The SMILES string of the molecule is CCCCc1ccc([C@@H]([NH2+]Cc2nc3cc(OC)c(OC)cc3c(=O)[nH]2)C(C)C)cc1. The lowest BCUT2D eigenvalue weighted by atomic mass is 9.94. The molecule has 0 unspecified atom stereocenters. The first kappa shape index (κ1) is 22.8. The van der Waals surface area contributed by atoms with E-state index < -0.39 is 0 Å². The maximum atomic E-state index is 12.6. The lowest BCUT2D eigenvalue weighted by Gasteiger charge is -2.20. The van der Waals surface area contributed by atoms with E-state index >= 15 is 0 Å². The van der Waals surface area contributed by atoms with Gasteiger partial charge in [-0.1, -0.05) is 51.5 Å². The van der Waals surface area contributed by atoms with Crippen molar-refractivity contribution in [3.8, 4) is 11.5 Å². The zero-order valence-electron chi connectivity index (χ0n) is 19.2. The molecule has 2 aromatic carbocycles. The fourth-order valence-corrected chi connectivity index (χ4v) is 3.93. The van der Waals surface area contributed by atoms with Gasteiger partial charge in [-0.15, -0.1) is 0 Å². The maximum absolute atomic E-state index is 12.6. The quantitative estimate of drug-likeness (QED) is 0.519. The molecule has 6 nitrogen and oxygen atoms in total. The van der Waals surface area contributed by atoms with E-state index in [1.165, 1.54) is 24.0 Å². The smallest absolute Gasteiger partial charge is 0.259 e. The molecule has 1 aromatic heterocycles. The van der Waals surface area contributed by atoms with Gasteiger partial charge in [0.2, 0.25) is 0 Å². The van der Waals surface area contributed by atoms with Crippen molar-refractivity contribution in [3.63, 3.8) is 0 Å². The second kappa shape index (κ2) is 10.4. The fraction of sp³-hybridized carbons (Fsp3) is 0.440. The van der Waals surface area contributed by atoms with E-state index in [2.05, 4.69) is 60.3 Å². The lowest BCUT2D eigenvalue weighted by Crippen LogP contribution is -2.85. The van der Waals surface area contributed by atoms with Gasteiger partial charge in [0.25, 0.3) is 5.56 Å². The predicted octanol–water partition coefficient (Wildman–Crippen LogP) is 3.74. The molecule has 0 spiro atoms. The van der Waals surface area contributed by atoms with Crippen molar-refractivity contribution in [2.24, 2.45) is 5.92 Å². The molecule has 31 heavy (non-hydrogen) atoms. The molecule has 0 saturated carbocycles. The van der Waals surface area contributed by atoms with Crippen LogP contribution in [-0.4, -0.2) is 24.2 Å². The van der Waals surface area contributed by atoms with Gasteiger partial charge in [-0.05, 0) is 24.5 Å². The number of H-pyrrole nitrogens is 1. The number of hydrogen-bond donors (Lipinski definition) is 2. The Kier molecular flexibility index (Phi) is 7.69. The molecule has 0 saturated heterocycles. The van der Waals surface area contributed by atoms with Crippen LogP contribution in [0.4, 0.5) is 0 Å². The van der Waals surface area contributed by atoms with Crippen molar-refractivity contribution >= 4 is 10.9 Å². The van der Waals surface area contributed by atoms with Gasteiger partial charge in [0.1, 0.15) is 12.6 Å². The minimum Gasteiger partial charge on any atom is -0.493 e. The molecule has 0 aliphatic rings. The summed E-state index contributed by atoms with van der Waals surface area (Å²) >= 11 is 0. The normalized spacial score (nSPS) is 12.3. The first-order valence-electron chi connectivity index (χ1n) is 11.0. The molecule has 0 aliphatic carbocycles. The van der Waals surface area contributed by atoms with Crippen LogP contribution in [0.25, 0.3) is 10.9 Å². The highest BCUT2D eigenvalue weighted by Crippen LogP contribution is 2.29. The maximum Gasteiger partial charge on any atom is 0.259 e. The number of aromatic nitrogens is 2. The first-order chi connectivity index (χ1) is 15.0. The number of aromatic amines is 1. The summed E-state index contributed by atoms with van der Waals surface area (Å²) in [6.45, 7) is 7.25. The zero-order chi connectivity index (χ0) is 22.4. The van der Waals surface area contributed by atoms with Gasteiger partial charge in [-0.3, -0.25) is 4.79 Å². The van der Waals surface area contributed by atoms with Gasteiger partial charge >= 0.3 is 0 Å². The van der Waals surface area contributed by atoms with Crippen LogP contribution in [0, 0.1) is 5.92 Å². The number of nitrogens with two attached hydrogens (primary N) is 1. The van der Waals surface area contributed by atoms with Crippen molar-refractivity contribution in [2.45, 2.75) is 52.6 Å². The third kappa shape index (κ3) is 5.44. The van der Waals surface area contributed by atoms with Gasteiger partial charge in [-0.25, -0.2) is 4.98 Å². The summed E-state index contributed by atoms with van der Waals surface area (Å²) in [7, 11) is 3.13. The van der Waals surface area contributed by atoms with Gasteiger partial charge in [0.05, 0.1) is 25.1 Å². The van der Waals surface area contributed by atoms with Crippen molar-refractivity contribution in [3.05, 3.63) is 63.7 Å². The second-order valence-electron chi connectivity index (χ2n) is 8.29. The molecular formula is C25H34N3O3+. The van der Waals surface area contributed by atoms with Crippen molar-refractivity contribution < 1.29 is 14.8 Å². The molecule has 0 aliphatic heterocycles. The molecule has 0 fully saturated rings. The van der Waals surface area contributed by atoms with Crippen LogP contribution in [0.3, 0.4) is 0 Å². The summed E-state index contributed by atoms with van der Waals surface area (Å²) in [5.74, 6) is 2.17. The van der Waals surface area contributed by atoms with Crippen molar-refractivity contribution in [1.29, 1.82) is 0 Å². The number of rotatable bonds is 10. The summed E-state index contributed by atoms with van der Waals surface area (Å²) in [5.41, 5.74) is 3.12. The topological polar surface area (TPSA) is 80.8 Å². The van der Waals surface area contributed by atoms with Crippen LogP contribution < -0.4 is 20.3 Å². The third-order valence-electron chi connectivity index (χ3n) is 5.73. The van der Waals surface area contributed by atoms with Gasteiger partial charge in [-0.2, -0.15) is 0 Å². The number of ether oxygens (including phenoxy) is 2. The predicted molar refractivity (Wildman–Crippen MR) is 124 cm³/mol. The Morgan fingerprint density at radius 2 is 1.74 bits per heavy atom. The van der Waals surface area contributed by atoms with E-state index in [1.807, 2.05) is 0 Å². The van der Waals surface area contributed by atoms with Gasteiger partial charge in [0.15, 0.2) is 17.3 Å². The lowest BCUT2D eigenvalue weighted by molar-refractivity contribution is -0.718. The Morgan fingerprint density at radius 1 is 1.06 bits per heavy atom. The summed E-state index contributed by atoms with van der Waals surface area (Å²) in [6.07, 6.45) is 3.56. The summed E-state index contributed by atoms with van der Waals surface area (Å²) in [4.78, 5) is 20.2. The Balaban J connectivity index is 1.81.